The number of rotatable bonds is 11. The summed E-state index contributed by atoms with van der Waals surface area (Å²) in [6.07, 6.45) is 1.06. The molecule has 0 aliphatic carbocycles. The Morgan fingerprint density at radius 3 is 2.42 bits per heavy atom. The fourth-order valence-corrected chi connectivity index (χ4v) is 2.42. The first kappa shape index (κ1) is 24.8. The Hall–Kier alpha value is -1.22. The van der Waals surface area contributed by atoms with E-state index >= 15 is 0 Å². The lowest BCUT2D eigenvalue weighted by atomic mass is 10.2. The summed E-state index contributed by atoms with van der Waals surface area (Å²) in [5, 5.41) is 6.56. The van der Waals surface area contributed by atoms with Crippen LogP contribution in [0.15, 0.2) is 23.2 Å². The summed E-state index contributed by atoms with van der Waals surface area (Å²) in [6.45, 7) is 11.7. The predicted octanol–water partition coefficient (Wildman–Crippen LogP) is 3.11. The van der Waals surface area contributed by atoms with Gasteiger partial charge in [-0.05, 0) is 37.2 Å². The molecule has 1 rings (SSSR count). The van der Waals surface area contributed by atoms with Gasteiger partial charge in [0.2, 0.25) is 0 Å². The first-order chi connectivity index (χ1) is 12.2. The molecule has 0 saturated heterocycles. The van der Waals surface area contributed by atoms with E-state index < -0.39 is 0 Å². The van der Waals surface area contributed by atoms with Crippen molar-refractivity contribution in [2.45, 2.75) is 33.7 Å². The highest BCUT2D eigenvalue weighted by molar-refractivity contribution is 14.0. The SMILES string of the molecule is CCCNC(=NC)NCc1ccc(OCCN(CC)CC)c(OC)c1.I. The van der Waals surface area contributed by atoms with Gasteiger partial charge in [-0.1, -0.05) is 26.8 Å². The van der Waals surface area contributed by atoms with Crippen LogP contribution >= 0.6 is 24.0 Å². The molecule has 0 aliphatic heterocycles. The summed E-state index contributed by atoms with van der Waals surface area (Å²) in [6, 6.07) is 6.03. The van der Waals surface area contributed by atoms with E-state index in [2.05, 4.69) is 47.4 Å². The predicted molar refractivity (Wildman–Crippen MR) is 120 cm³/mol. The van der Waals surface area contributed by atoms with Crippen LogP contribution in [0.1, 0.15) is 32.8 Å². The van der Waals surface area contributed by atoms with Gasteiger partial charge in [-0.25, -0.2) is 0 Å². The zero-order chi connectivity index (χ0) is 18.5. The first-order valence-electron chi connectivity index (χ1n) is 9.14. The molecule has 1 aromatic rings. The van der Waals surface area contributed by atoms with Gasteiger partial charge < -0.3 is 25.0 Å². The van der Waals surface area contributed by atoms with Crippen molar-refractivity contribution >= 4 is 29.9 Å². The average Bonchev–Trinajstić information content (AvgIpc) is 2.66. The number of nitrogens with zero attached hydrogens (tertiary/aromatic N) is 2. The highest BCUT2D eigenvalue weighted by Gasteiger charge is 2.07. The van der Waals surface area contributed by atoms with Crippen molar-refractivity contribution in [3.63, 3.8) is 0 Å². The van der Waals surface area contributed by atoms with Gasteiger partial charge in [-0.3, -0.25) is 4.99 Å². The van der Waals surface area contributed by atoms with Crippen molar-refractivity contribution in [2.75, 3.05) is 46.9 Å². The van der Waals surface area contributed by atoms with E-state index in [0.29, 0.717) is 13.2 Å². The van der Waals surface area contributed by atoms with Gasteiger partial charge >= 0.3 is 0 Å². The summed E-state index contributed by atoms with van der Waals surface area (Å²) in [4.78, 5) is 6.54. The summed E-state index contributed by atoms with van der Waals surface area (Å²) >= 11 is 0. The third kappa shape index (κ3) is 8.93. The number of methoxy groups -OCH3 is 1. The Bertz CT molecular complexity index is 522. The molecule has 1 aromatic carbocycles. The molecular weight excluding hydrogens is 443 g/mol. The van der Waals surface area contributed by atoms with E-state index in [-0.39, 0.29) is 24.0 Å². The molecule has 0 aliphatic rings. The minimum absolute atomic E-state index is 0. The number of ether oxygens (including phenoxy) is 2. The maximum Gasteiger partial charge on any atom is 0.191 e. The first-order valence-corrected chi connectivity index (χ1v) is 9.14. The van der Waals surface area contributed by atoms with Crippen molar-refractivity contribution in [3.8, 4) is 11.5 Å². The van der Waals surface area contributed by atoms with Gasteiger partial charge in [0.25, 0.3) is 0 Å². The lowest BCUT2D eigenvalue weighted by Crippen LogP contribution is -2.37. The third-order valence-electron chi connectivity index (χ3n) is 4.01. The van der Waals surface area contributed by atoms with Crippen LogP contribution in [0.2, 0.25) is 0 Å². The fraction of sp³-hybridized carbons (Fsp3) is 0.632. The van der Waals surface area contributed by atoms with Crippen molar-refractivity contribution in [1.82, 2.24) is 15.5 Å². The topological polar surface area (TPSA) is 58.1 Å². The Morgan fingerprint density at radius 1 is 1.12 bits per heavy atom. The van der Waals surface area contributed by atoms with Crippen molar-refractivity contribution in [3.05, 3.63) is 23.8 Å². The monoisotopic (exact) mass is 478 g/mol. The van der Waals surface area contributed by atoms with Crippen LogP contribution in [0.25, 0.3) is 0 Å². The van der Waals surface area contributed by atoms with E-state index in [1.807, 2.05) is 12.1 Å². The maximum atomic E-state index is 5.89. The smallest absolute Gasteiger partial charge is 0.191 e. The van der Waals surface area contributed by atoms with Gasteiger partial charge in [-0.2, -0.15) is 0 Å². The second-order valence-corrected chi connectivity index (χ2v) is 5.71. The zero-order valence-electron chi connectivity index (χ0n) is 16.8. The van der Waals surface area contributed by atoms with Gasteiger partial charge in [0, 0.05) is 26.7 Å². The number of halogens is 1. The summed E-state index contributed by atoms with van der Waals surface area (Å²) in [7, 11) is 3.45. The highest BCUT2D eigenvalue weighted by atomic mass is 127. The number of guanidine groups is 1. The lowest BCUT2D eigenvalue weighted by molar-refractivity contribution is 0.217. The van der Waals surface area contributed by atoms with Crippen LogP contribution in [0.5, 0.6) is 11.5 Å². The van der Waals surface area contributed by atoms with Gasteiger partial charge in [0.15, 0.2) is 17.5 Å². The summed E-state index contributed by atoms with van der Waals surface area (Å²) in [5.74, 6) is 2.35. The fourth-order valence-electron chi connectivity index (χ4n) is 2.42. The van der Waals surface area contributed by atoms with E-state index in [9.17, 15) is 0 Å². The molecule has 0 fully saturated rings. The molecule has 0 bridgehead atoms. The molecule has 0 aromatic heterocycles. The number of likely N-dealkylation sites (N-methyl/N-ethyl adjacent to an activating group) is 1. The van der Waals surface area contributed by atoms with Crippen LogP contribution in [0, 0.1) is 0 Å². The number of nitrogens with one attached hydrogen (secondary N) is 2. The van der Waals surface area contributed by atoms with Gasteiger partial charge in [-0.15, -0.1) is 24.0 Å². The number of hydrogen-bond donors (Lipinski definition) is 2. The molecule has 0 unspecified atom stereocenters. The number of hydrogen-bond acceptors (Lipinski definition) is 4. The van der Waals surface area contributed by atoms with E-state index in [0.717, 1.165) is 55.6 Å². The van der Waals surface area contributed by atoms with Crippen molar-refractivity contribution < 1.29 is 9.47 Å². The van der Waals surface area contributed by atoms with E-state index in [4.69, 9.17) is 9.47 Å². The molecular formula is C19H35IN4O2. The largest absolute Gasteiger partial charge is 0.493 e. The average molecular weight is 478 g/mol. The molecule has 26 heavy (non-hydrogen) atoms. The normalized spacial score (nSPS) is 11.1. The molecule has 7 heteroatoms. The Morgan fingerprint density at radius 2 is 1.85 bits per heavy atom. The maximum absolute atomic E-state index is 5.89. The van der Waals surface area contributed by atoms with E-state index in [1.54, 1.807) is 14.2 Å². The van der Waals surface area contributed by atoms with Crippen LogP contribution in [0.3, 0.4) is 0 Å². The minimum atomic E-state index is 0. The van der Waals surface area contributed by atoms with Crippen molar-refractivity contribution in [2.24, 2.45) is 4.99 Å². The van der Waals surface area contributed by atoms with Crippen LogP contribution < -0.4 is 20.1 Å². The second-order valence-electron chi connectivity index (χ2n) is 5.71. The lowest BCUT2D eigenvalue weighted by Gasteiger charge is -2.19. The zero-order valence-corrected chi connectivity index (χ0v) is 19.1. The summed E-state index contributed by atoms with van der Waals surface area (Å²) < 4.78 is 11.4. The molecule has 0 atom stereocenters. The third-order valence-corrected chi connectivity index (χ3v) is 4.01. The van der Waals surface area contributed by atoms with Crippen LogP contribution in [0.4, 0.5) is 0 Å². The molecule has 0 heterocycles. The minimum Gasteiger partial charge on any atom is -0.493 e. The van der Waals surface area contributed by atoms with Gasteiger partial charge in [0.05, 0.1) is 7.11 Å². The Kier molecular flexibility index (Phi) is 14.2. The van der Waals surface area contributed by atoms with Crippen LogP contribution in [-0.2, 0) is 6.54 Å². The standard InChI is InChI=1S/C19H34N4O2.HI/c1-6-11-21-19(20-4)22-15-16-9-10-17(18(14-16)24-5)25-13-12-23(7-2)8-3;/h9-10,14H,6-8,11-13,15H2,1-5H3,(H2,20,21,22);1H. The van der Waals surface area contributed by atoms with Crippen molar-refractivity contribution in [1.29, 1.82) is 0 Å². The molecule has 150 valence electrons. The van der Waals surface area contributed by atoms with E-state index in [1.165, 1.54) is 0 Å². The molecule has 6 nitrogen and oxygen atoms in total. The molecule has 0 saturated carbocycles. The van der Waals surface area contributed by atoms with Crippen LogP contribution in [-0.4, -0.2) is 57.8 Å². The quantitative estimate of drug-likeness (QED) is 0.291. The molecule has 0 spiro atoms. The molecule has 2 N–H and O–H groups in total. The second kappa shape index (κ2) is 14.9. The Labute approximate surface area is 175 Å². The number of benzene rings is 1. The van der Waals surface area contributed by atoms with Gasteiger partial charge in [0.1, 0.15) is 6.61 Å². The summed E-state index contributed by atoms with van der Waals surface area (Å²) in [5.41, 5.74) is 1.12. The molecule has 0 radical (unpaired) electrons. The number of aliphatic imine (C=N–C) groups is 1. The highest BCUT2D eigenvalue weighted by Crippen LogP contribution is 2.28. The Balaban J connectivity index is 0.00000625. The molecule has 0 amide bonds.